The second kappa shape index (κ2) is 6.16. The third-order valence-electron chi connectivity index (χ3n) is 2.74. The van der Waals surface area contributed by atoms with Crippen molar-refractivity contribution in [2.45, 2.75) is 13.0 Å². The zero-order valence-corrected chi connectivity index (χ0v) is 10.9. The third-order valence-corrected chi connectivity index (χ3v) is 2.74. The third kappa shape index (κ3) is 3.55. The second-order valence-electron chi connectivity index (χ2n) is 4.35. The average Bonchev–Trinajstić information content (AvgIpc) is 2.38. The number of aliphatic hydroxyl groups is 1. The minimum Gasteiger partial charge on any atom is -0.389 e. The number of para-hydroxylation sites is 1. The fourth-order valence-electron chi connectivity index (χ4n) is 1.83. The van der Waals surface area contributed by atoms with Crippen molar-refractivity contribution in [1.82, 2.24) is 0 Å². The molecule has 1 unspecified atom stereocenters. The molecule has 0 aliphatic rings. The maximum absolute atomic E-state index is 13.0. The van der Waals surface area contributed by atoms with Gasteiger partial charge in [0.15, 0.2) is 0 Å². The summed E-state index contributed by atoms with van der Waals surface area (Å²) >= 11 is 0. The lowest BCUT2D eigenvalue weighted by Gasteiger charge is -2.13. The van der Waals surface area contributed by atoms with E-state index in [0.717, 1.165) is 0 Å². The van der Waals surface area contributed by atoms with Crippen LogP contribution in [0.15, 0.2) is 48.5 Å². The Labute approximate surface area is 116 Å². The van der Waals surface area contributed by atoms with Gasteiger partial charge in [-0.3, -0.25) is 0 Å². The van der Waals surface area contributed by atoms with Crippen molar-refractivity contribution in [2.24, 2.45) is 0 Å². The molecule has 0 saturated carbocycles. The van der Waals surface area contributed by atoms with Crippen LogP contribution in [0.5, 0.6) is 0 Å². The molecular formula is C15H15FN2O2. The molecule has 104 valence electrons. The first kappa shape index (κ1) is 14.0. The fourth-order valence-corrected chi connectivity index (χ4v) is 1.83. The summed E-state index contributed by atoms with van der Waals surface area (Å²) in [5, 5.41) is 14.8. The fraction of sp³-hybridized carbons (Fsp3) is 0.133. The lowest BCUT2D eigenvalue weighted by molar-refractivity contribution is 0.200. The molecule has 0 bridgehead atoms. The monoisotopic (exact) mass is 274 g/mol. The predicted molar refractivity (Wildman–Crippen MR) is 76.1 cm³/mol. The minimum atomic E-state index is -0.694. The van der Waals surface area contributed by atoms with E-state index in [4.69, 9.17) is 0 Å². The number of halogens is 1. The van der Waals surface area contributed by atoms with E-state index in [9.17, 15) is 14.3 Å². The molecule has 0 spiro atoms. The smallest absolute Gasteiger partial charge is 0.323 e. The van der Waals surface area contributed by atoms with Gasteiger partial charge in [-0.1, -0.05) is 24.3 Å². The first-order valence-corrected chi connectivity index (χ1v) is 6.17. The van der Waals surface area contributed by atoms with Crippen LogP contribution in [0.1, 0.15) is 18.6 Å². The van der Waals surface area contributed by atoms with E-state index in [1.807, 2.05) is 0 Å². The van der Waals surface area contributed by atoms with E-state index in [2.05, 4.69) is 10.6 Å². The molecule has 20 heavy (non-hydrogen) atoms. The van der Waals surface area contributed by atoms with E-state index in [1.54, 1.807) is 37.3 Å². The van der Waals surface area contributed by atoms with Gasteiger partial charge in [-0.2, -0.15) is 0 Å². The lowest BCUT2D eigenvalue weighted by atomic mass is 10.1. The normalized spacial score (nSPS) is 11.8. The molecular weight excluding hydrogens is 259 g/mol. The molecule has 0 heterocycles. The highest BCUT2D eigenvalue weighted by molar-refractivity contribution is 6.00. The summed E-state index contributed by atoms with van der Waals surface area (Å²) in [5.74, 6) is -0.424. The zero-order valence-electron chi connectivity index (χ0n) is 10.9. The Morgan fingerprint density at radius 2 is 1.90 bits per heavy atom. The first-order chi connectivity index (χ1) is 9.56. The number of aliphatic hydroxyl groups excluding tert-OH is 1. The molecule has 0 radical (unpaired) electrons. The molecule has 4 nitrogen and oxygen atoms in total. The average molecular weight is 274 g/mol. The van der Waals surface area contributed by atoms with Gasteiger partial charge in [-0.25, -0.2) is 9.18 Å². The Morgan fingerprint density at radius 3 is 2.60 bits per heavy atom. The quantitative estimate of drug-likeness (QED) is 0.802. The van der Waals surface area contributed by atoms with Crippen molar-refractivity contribution < 1.29 is 14.3 Å². The number of urea groups is 1. The van der Waals surface area contributed by atoms with Crippen LogP contribution >= 0.6 is 0 Å². The Morgan fingerprint density at radius 1 is 1.15 bits per heavy atom. The summed E-state index contributed by atoms with van der Waals surface area (Å²) in [6.07, 6.45) is -0.694. The van der Waals surface area contributed by atoms with Crippen molar-refractivity contribution in [1.29, 1.82) is 0 Å². The summed E-state index contributed by atoms with van der Waals surface area (Å²) < 4.78 is 13.0. The molecule has 5 heteroatoms. The Bertz CT molecular complexity index is 614. The van der Waals surface area contributed by atoms with Gasteiger partial charge < -0.3 is 15.7 Å². The van der Waals surface area contributed by atoms with Gasteiger partial charge in [-0.15, -0.1) is 0 Å². The molecule has 0 fully saturated rings. The van der Waals surface area contributed by atoms with Crippen molar-refractivity contribution in [3.63, 3.8) is 0 Å². The maximum atomic E-state index is 13.0. The van der Waals surface area contributed by atoms with Crippen molar-refractivity contribution in [3.8, 4) is 0 Å². The SMILES string of the molecule is CC(O)c1ccccc1NC(=O)Nc1cccc(F)c1. The van der Waals surface area contributed by atoms with Gasteiger partial charge in [0.25, 0.3) is 0 Å². The number of carbonyl (C=O) groups is 1. The molecule has 0 saturated heterocycles. The maximum Gasteiger partial charge on any atom is 0.323 e. The molecule has 2 amide bonds. The highest BCUT2D eigenvalue weighted by Crippen LogP contribution is 2.22. The molecule has 0 aliphatic carbocycles. The standard InChI is InChI=1S/C15H15FN2O2/c1-10(19)13-7-2-3-8-14(13)18-15(20)17-12-6-4-5-11(16)9-12/h2-10,19H,1H3,(H2,17,18,20). The van der Waals surface area contributed by atoms with Gasteiger partial charge in [-0.05, 0) is 31.2 Å². The summed E-state index contributed by atoms with van der Waals surface area (Å²) in [6.45, 7) is 1.62. The van der Waals surface area contributed by atoms with Gasteiger partial charge in [0.2, 0.25) is 0 Å². The van der Waals surface area contributed by atoms with Gasteiger partial charge in [0, 0.05) is 16.9 Å². The predicted octanol–water partition coefficient (Wildman–Crippen LogP) is 3.52. The van der Waals surface area contributed by atoms with E-state index >= 15 is 0 Å². The molecule has 1 atom stereocenters. The summed E-state index contributed by atoms with van der Waals surface area (Å²) in [7, 11) is 0. The van der Waals surface area contributed by atoms with Crippen LogP contribution in [0, 0.1) is 5.82 Å². The zero-order chi connectivity index (χ0) is 14.5. The van der Waals surface area contributed by atoms with Crippen LogP contribution in [0.3, 0.4) is 0 Å². The topological polar surface area (TPSA) is 61.4 Å². The molecule has 3 N–H and O–H groups in total. The minimum absolute atomic E-state index is 0.358. The highest BCUT2D eigenvalue weighted by atomic mass is 19.1. The second-order valence-corrected chi connectivity index (χ2v) is 4.35. The van der Waals surface area contributed by atoms with E-state index < -0.39 is 18.0 Å². The number of carbonyl (C=O) groups excluding carboxylic acids is 1. The number of nitrogens with one attached hydrogen (secondary N) is 2. The van der Waals surface area contributed by atoms with Crippen LogP contribution in [-0.2, 0) is 0 Å². The summed E-state index contributed by atoms with van der Waals surface area (Å²) in [4.78, 5) is 11.8. The summed E-state index contributed by atoms with van der Waals surface area (Å²) in [6, 6.07) is 12.1. The number of amides is 2. The number of hydrogen-bond acceptors (Lipinski definition) is 2. The highest BCUT2D eigenvalue weighted by Gasteiger charge is 2.10. The number of hydrogen-bond donors (Lipinski definition) is 3. The van der Waals surface area contributed by atoms with E-state index in [-0.39, 0.29) is 0 Å². The van der Waals surface area contributed by atoms with Crippen LogP contribution in [0.25, 0.3) is 0 Å². The Kier molecular flexibility index (Phi) is 4.32. The van der Waals surface area contributed by atoms with Crippen LogP contribution < -0.4 is 10.6 Å². The number of rotatable bonds is 3. The molecule has 0 aromatic heterocycles. The molecule has 0 aliphatic heterocycles. The van der Waals surface area contributed by atoms with Crippen LogP contribution in [0.2, 0.25) is 0 Å². The largest absolute Gasteiger partial charge is 0.389 e. The van der Waals surface area contributed by atoms with Crippen molar-refractivity contribution in [2.75, 3.05) is 10.6 Å². The van der Waals surface area contributed by atoms with E-state index in [1.165, 1.54) is 18.2 Å². The molecule has 2 aromatic rings. The summed E-state index contributed by atoms with van der Waals surface area (Å²) in [5.41, 5.74) is 1.48. The molecule has 2 rings (SSSR count). The van der Waals surface area contributed by atoms with Crippen LogP contribution in [-0.4, -0.2) is 11.1 Å². The van der Waals surface area contributed by atoms with E-state index in [0.29, 0.717) is 16.9 Å². The van der Waals surface area contributed by atoms with Gasteiger partial charge in [0.05, 0.1) is 6.10 Å². The first-order valence-electron chi connectivity index (χ1n) is 6.17. The van der Waals surface area contributed by atoms with Crippen LogP contribution in [0.4, 0.5) is 20.6 Å². The lowest BCUT2D eigenvalue weighted by Crippen LogP contribution is -2.20. The Balaban J connectivity index is 2.09. The van der Waals surface area contributed by atoms with Gasteiger partial charge in [0.1, 0.15) is 5.82 Å². The van der Waals surface area contributed by atoms with Crippen molar-refractivity contribution >= 4 is 17.4 Å². The molecule has 2 aromatic carbocycles. The van der Waals surface area contributed by atoms with Crippen molar-refractivity contribution in [3.05, 3.63) is 59.9 Å². The Hall–Kier alpha value is -2.40. The number of anilines is 2. The van der Waals surface area contributed by atoms with Gasteiger partial charge >= 0.3 is 6.03 Å². The number of benzene rings is 2.